The van der Waals surface area contributed by atoms with Crippen LogP contribution in [0.1, 0.15) is 32.1 Å². The highest BCUT2D eigenvalue weighted by atomic mass is 16.7. The van der Waals surface area contributed by atoms with E-state index >= 15 is 0 Å². The maximum atomic E-state index is 9.47. The molecule has 2 aliphatic heterocycles. The molecule has 3 rings (SSSR count). The van der Waals surface area contributed by atoms with Crippen molar-refractivity contribution in [1.82, 2.24) is 0 Å². The molecule has 3 atom stereocenters. The first-order chi connectivity index (χ1) is 10.4. The zero-order valence-electron chi connectivity index (χ0n) is 12.3. The summed E-state index contributed by atoms with van der Waals surface area (Å²) in [6.45, 7) is 1.66. The predicted molar refractivity (Wildman–Crippen MR) is 80.9 cm³/mol. The minimum absolute atomic E-state index is 0.0635. The maximum absolute atomic E-state index is 9.47. The monoisotopic (exact) mass is 286 g/mol. The van der Waals surface area contributed by atoms with E-state index < -0.39 is 0 Å². The molecule has 0 N–H and O–H groups in total. The highest BCUT2D eigenvalue weighted by Gasteiger charge is 2.31. The van der Waals surface area contributed by atoms with Gasteiger partial charge in [0.15, 0.2) is 6.29 Å². The van der Waals surface area contributed by atoms with E-state index in [-0.39, 0.29) is 18.4 Å². The van der Waals surface area contributed by atoms with Crippen LogP contribution < -0.4 is 4.90 Å². The SMILES string of the molecule is N#C[C@@H]1C[C@@H](OC2CCCCO2)CCN1c1ccccc1. The van der Waals surface area contributed by atoms with E-state index in [1.807, 2.05) is 18.2 Å². The highest BCUT2D eigenvalue weighted by molar-refractivity contribution is 5.49. The predicted octanol–water partition coefficient (Wildman–Crippen LogP) is 3.09. The number of para-hydroxylation sites is 1. The van der Waals surface area contributed by atoms with Crippen molar-refractivity contribution in [3.8, 4) is 6.07 Å². The molecule has 0 spiro atoms. The van der Waals surface area contributed by atoms with Gasteiger partial charge in [-0.15, -0.1) is 0 Å². The number of piperidine rings is 1. The Morgan fingerprint density at radius 2 is 2.05 bits per heavy atom. The van der Waals surface area contributed by atoms with Crippen molar-refractivity contribution in [3.63, 3.8) is 0 Å². The second-order valence-electron chi connectivity index (χ2n) is 5.75. The Kier molecular flexibility index (Phi) is 4.74. The molecule has 0 aromatic heterocycles. The zero-order chi connectivity index (χ0) is 14.5. The Morgan fingerprint density at radius 1 is 1.19 bits per heavy atom. The van der Waals surface area contributed by atoms with Gasteiger partial charge < -0.3 is 14.4 Å². The van der Waals surface area contributed by atoms with Crippen molar-refractivity contribution >= 4 is 5.69 Å². The third kappa shape index (κ3) is 3.55. The van der Waals surface area contributed by atoms with Crippen molar-refractivity contribution in [2.24, 2.45) is 0 Å². The van der Waals surface area contributed by atoms with Crippen molar-refractivity contribution in [2.45, 2.75) is 50.5 Å². The number of hydrogen-bond donors (Lipinski definition) is 0. The van der Waals surface area contributed by atoms with Gasteiger partial charge in [-0.3, -0.25) is 0 Å². The normalized spacial score (nSPS) is 29.9. The average molecular weight is 286 g/mol. The smallest absolute Gasteiger partial charge is 0.157 e. The summed E-state index contributed by atoms with van der Waals surface area (Å²) in [7, 11) is 0. The van der Waals surface area contributed by atoms with Gasteiger partial charge in [0, 0.05) is 25.3 Å². The van der Waals surface area contributed by atoms with Crippen LogP contribution in [0.2, 0.25) is 0 Å². The lowest BCUT2D eigenvalue weighted by molar-refractivity contribution is -0.192. The van der Waals surface area contributed by atoms with Crippen LogP contribution in [0, 0.1) is 11.3 Å². The summed E-state index contributed by atoms with van der Waals surface area (Å²) in [6, 6.07) is 12.5. The summed E-state index contributed by atoms with van der Waals surface area (Å²) in [5, 5.41) is 9.47. The number of anilines is 1. The molecular weight excluding hydrogens is 264 g/mol. The zero-order valence-corrected chi connectivity index (χ0v) is 12.3. The maximum Gasteiger partial charge on any atom is 0.157 e. The molecule has 4 heteroatoms. The molecule has 4 nitrogen and oxygen atoms in total. The lowest BCUT2D eigenvalue weighted by Gasteiger charge is -2.39. The van der Waals surface area contributed by atoms with Crippen LogP contribution >= 0.6 is 0 Å². The molecule has 0 bridgehead atoms. The third-order valence-corrected chi connectivity index (χ3v) is 4.27. The molecule has 0 saturated carbocycles. The fourth-order valence-electron chi connectivity index (χ4n) is 3.14. The summed E-state index contributed by atoms with van der Waals surface area (Å²) in [4.78, 5) is 2.18. The first-order valence-corrected chi connectivity index (χ1v) is 7.85. The summed E-state index contributed by atoms with van der Waals surface area (Å²) in [5.41, 5.74) is 1.12. The van der Waals surface area contributed by atoms with Crippen molar-refractivity contribution in [3.05, 3.63) is 30.3 Å². The first kappa shape index (κ1) is 14.4. The van der Waals surface area contributed by atoms with E-state index in [0.717, 1.165) is 44.5 Å². The highest BCUT2D eigenvalue weighted by Crippen LogP contribution is 2.27. The van der Waals surface area contributed by atoms with Crippen LogP contribution in [0.5, 0.6) is 0 Å². The van der Waals surface area contributed by atoms with E-state index in [1.165, 1.54) is 6.42 Å². The number of benzene rings is 1. The molecule has 2 aliphatic rings. The van der Waals surface area contributed by atoms with Gasteiger partial charge in [-0.25, -0.2) is 0 Å². The first-order valence-electron chi connectivity index (χ1n) is 7.85. The van der Waals surface area contributed by atoms with Crippen LogP contribution in [0.3, 0.4) is 0 Å². The van der Waals surface area contributed by atoms with Gasteiger partial charge in [-0.2, -0.15) is 5.26 Å². The molecule has 21 heavy (non-hydrogen) atoms. The van der Waals surface area contributed by atoms with Crippen LogP contribution in [0.25, 0.3) is 0 Å². The van der Waals surface area contributed by atoms with E-state index in [4.69, 9.17) is 9.47 Å². The molecular formula is C17H22N2O2. The largest absolute Gasteiger partial charge is 0.356 e. The van der Waals surface area contributed by atoms with E-state index in [1.54, 1.807) is 0 Å². The fourth-order valence-corrected chi connectivity index (χ4v) is 3.14. The Labute approximate surface area is 126 Å². The Morgan fingerprint density at radius 3 is 2.76 bits per heavy atom. The van der Waals surface area contributed by atoms with Gasteiger partial charge in [0.25, 0.3) is 0 Å². The average Bonchev–Trinajstić information content (AvgIpc) is 2.56. The summed E-state index contributed by atoms with van der Waals surface area (Å²) < 4.78 is 11.7. The second-order valence-corrected chi connectivity index (χ2v) is 5.75. The molecule has 1 aromatic rings. The summed E-state index contributed by atoms with van der Waals surface area (Å²) in [5.74, 6) is 0. The van der Waals surface area contributed by atoms with E-state index in [9.17, 15) is 5.26 Å². The van der Waals surface area contributed by atoms with Gasteiger partial charge in [-0.1, -0.05) is 18.2 Å². The summed E-state index contributed by atoms with van der Waals surface area (Å²) in [6.07, 6.45) is 5.07. The molecule has 2 saturated heterocycles. The number of ether oxygens (including phenoxy) is 2. The number of hydrogen-bond acceptors (Lipinski definition) is 4. The van der Waals surface area contributed by atoms with Crippen LogP contribution in [-0.2, 0) is 9.47 Å². The Bertz CT molecular complexity index is 479. The third-order valence-electron chi connectivity index (χ3n) is 4.27. The van der Waals surface area contributed by atoms with E-state index in [2.05, 4.69) is 23.1 Å². The molecule has 2 fully saturated rings. The lowest BCUT2D eigenvalue weighted by Crippen LogP contribution is -2.45. The minimum Gasteiger partial charge on any atom is -0.356 e. The molecule has 0 aliphatic carbocycles. The minimum atomic E-state index is -0.116. The number of nitriles is 1. The molecule has 0 amide bonds. The van der Waals surface area contributed by atoms with Crippen molar-refractivity contribution in [1.29, 1.82) is 5.26 Å². The molecule has 0 radical (unpaired) electrons. The fraction of sp³-hybridized carbons (Fsp3) is 0.588. The van der Waals surface area contributed by atoms with Crippen molar-refractivity contribution in [2.75, 3.05) is 18.1 Å². The van der Waals surface area contributed by atoms with Gasteiger partial charge in [0.1, 0.15) is 6.04 Å². The van der Waals surface area contributed by atoms with Crippen molar-refractivity contribution < 1.29 is 9.47 Å². The summed E-state index contributed by atoms with van der Waals surface area (Å²) >= 11 is 0. The van der Waals surface area contributed by atoms with Gasteiger partial charge in [0.2, 0.25) is 0 Å². The second kappa shape index (κ2) is 6.93. The topological polar surface area (TPSA) is 45.5 Å². The van der Waals surface area contributed by atoms with E-state index in [0.29, 0.717) is 0 Å². The Hall–Kier alpha value is -1.57. The molecule has 1 aromatic carbocycles. The van der Waals surface area contributed by atoms with Gasteiger partial charge in [-0.05, 0) is 37.8 Å². The molecule has 1 unspecified atom stereocenters. The number of nitrogens with zero attached hydrogens (tertiary/aromatic N) is 2. The molecule has 112 valence electrons. The van der Waals surface area contributed by atoms with Gasteiger partial charge in [0.05, 0.1) is 12.2 Å². The lowest BCUT2D eigenvalue weighted by atomic mass is 9.99. The van der Waals surface area contributed by atoms with Crippen LogP contribution in [-0.4, -0.2) is 31.6 Å². The standard InChI is InChI=1S/C17H22N2O2/c18-13-15-12-16(21-17-8-4-5-11-20-17)9-10-19(15)14-6-2-1-3-7-14/h1-3,6-7,15-17H,4-5,8-12H2/t15-,16-,17?/m0/s1. The van der Waals surface area contributed by atoms with Crippen LogP contribution in [0.15, 0.2) is 30.3 Å². The van der Waals surface area contributed by atoms with Gasteiger partial charge >= 0.3 is 0 Å². The Balaban J connectivity index is 1.60. The quantitative estimate of drug-likeness (QED) is 0.856. The molecule has 2 heterocycles. The van der Waals surface area contributed by atoms with Crippen LogP contribution in [0.4, 0.5) is 5.69 Å². The number of rotatable bonds is 3.